The Morgan fingerprint density at radius 2 is 1.66 bits per heavy atom. The van der Waals surface area contributed by atoms with Crippen LogP contribution >= 0.6 is 15.9 Å². The highest BCUT2D eigenvalue weighted by atomic mass is 79.9. The summed E-state index contributed by atoms with van der Waals surface area (Å²) in [4.78, 5) is 39.1. The number of anilines is 1. The van der Waals surface area contributed by atoms with Crippen LogP contribution in [-0.2, 0) is 14.1 Å². The molecule has 7 heteroatoms. The number of benzene rings is 2. The molecule has 0 spiro atoms. The molecule has 3 aromatic rings. The largest absolute Gasteiger partial charge is 0.340 e. The Morgan fingerprint density at radius 3 is 2.38 bits per heavy atom. The van der Waals surface area contributed by atoms with Gasteiger partial charge in [-0.25, -0.2) is 4.79 Å². The molecule has 1 aromatic heterocycles. The van der Waals surface area contributed by atoms with Crippen LogP contribution < -0.4 is 16.6 Å². The normalized spacial score (nSPS) is 16.9. The number of ketones is 1. The smallest absolute Gasteiger partial charge is 0.332 e. The summed E-state index contributed by atoms with van der Waals surface area (Å²) < 4.78 is 3.36. The number of nitrogens with zero attached hydrogens (tertiary/aromatic N) is 2. The molecular formula is C22H16BrN3O3. The van der Waals surface area contributed by atoms with Crippen molar-refractivity contribution in [2.75, 3.05) is 5.32 Å². The molecule has 1 aliphatic carbocycles. The van der Waals surface area contributed by atoms with E-state index in [1.807, 2.05) is 42.5 Å². The number of nitrogens with one attached hydrogen (secondary N) is 1. The van der Waals surface area contributed by atoms with Gasteiger partial charge in [-0.05, 0) is 17.7 Å². The Bertz CT molecular complexity index is 1380. The number of fused-ring (bicyclic) bond motifs is 3. The number of carbonyl (C=O) groups is 1. The van der Waals surface area contributed by atoms with E-state index in [4.69, 9.17) is 0 Å². The monoisotopic (exact) mass is 449 g/mol. The molecule has 0 radical (unpaired) electrons. The van der Waals surface area contributed by atoms with Gasteiger partial charge in [0.1, 0.15) is 5.82 Å². The highest BCUT2D eigenvalue weighted by molar-refractivity contribution is 9.10. The van der Waals surface area contributed by atoms with Gasteiger partial charge in [0.25, 0.3) is 5.56 Å². The van der Waals surface area contributed by atoms with Gasteiger partial charge in [0, 0.05) is 41.2 Å². The third kappa shape index (κ3) is 2.37. The van der Waals surface area contributed by atoms with E-state index in [9.17, 15) is 14.4 Å². The second-order valence-corrected chi connectivity index (χ2v) is 8.16. The van der Waals surface area contributed by atoms with E-state index >= 15 is 0 Å². The van der Waals surface area contributed by atoms with Crippen molar-refractivity contribution in [2.24, 2.45) is 14.1 Å². The zero-order valence-corrected chi connectivity index (χ0v) is 17.3. The summed E-state index contributed by atoms with van der Waals surface area (Å²) in [7, 11) is 3.08. The molecule has 2 heterocycles. The van der Waals surface area contributed by atoms with E-state index in [0.717, 1.165) is 20.2 Å². The zero-order valence-electron chi connectivity index (χ0n) is 15.7. The van der Waals surface area contributed by atoms with Gasteiger partial charge in [-0.15, -0.1) is 0 Å². The van der Waals surface area contributed by atoms with Crippen LogP contribution in [0, 0.1) is 0 Å². The molecule has 0 saturated heterocycles. The van der Waals surface area contributed by atoms with Gasteiger partial charge >= 0.3 is 5.69 Å². The SMILES string of the molecule is Cn1c2c(c(=O)n(C)c1=O)[C@@H](c1cccc(Br)c1)C1=C(N2)c2ccccc2C1=O. The molecule has 0 bridgehead atoms. The van der Waals surface area contributed by atoms with Crippen molar-refractivity contribution < 1.29 is 4.79 Å². The second kappa shape index (κ2) is 6.15. The van der Waals surface area contributed by atoms with Gasteiger partial charge in [0.2, 0.25) is 0 Å². The molecule has 1 N–H and O–H groups in total. The topological polar surface area (TPSA) is 73.1 Å². The van der Waals surface area contributed by atoms with Gasteiger partial charge in [-0.2, -0.15) is 0 Å². The fraction of sp³-hybridized carbons (Fsp3) is 0.136. The third-order valence-corrected chi connectivity index (χ3v) is 6.15. The number of allylic oxidation sites excluding steroid dienone is 1. The van der Waals surface area contributed by atoms with E-state index in [2.05, 4.69) is 21.2 Å². The lowest BCUT2D eigenvalue weighted by atomic mass is 9.81. The first-order valence-corrected chi connectivity index (χ1v) is 9.90. The maximum Gasteiger partial charge on any atom is 0.332 e. The summed E-state index contributed by atoms with van der Waals surface area (Å²) in [5.74, 6) is -0.259. The molecule has 0 amide bonds. The molecular weight excluding hydrogens is 434 g/mol. The highest BCUT2D eigenvalue weighted by Gasteiger charge is 2.42. The van der Waals surface area contributed by atoms with Gasteiger partial charge in [-0.1, -0.05) is 52.3 Å². The Hall–Kier alpha value is -3.19. The summed E-state index contributed by atoms with van der Waals surface area (Å²) in [5, 5.41) is 3.23. The van der Waals surface area contributed by atoms with Gasteiger partial charge < -0.3 is 5.32 Å². The third-order valence-electron chi connectivity index (χ3n) is 5.66. The van der Waals surface area contributed by atoms with E-state index < -0.39 is 17.2 Å². The summed E-state index contributed by atoms with van der Waals surface area (Å²) in [6, 6.07) is 14.9. The summed E-state index contributed by atoms with van der Waals surface area (Å²) in [5.41, 5.74) is 2.95. The molecule has 144 valence electrons. The Kier molecular flexibility index (Phi) is 3.79. The fourth-order valence-electron chi connectivity index (χ4n) is 4.28. The minimum Gasteiger partial charge on any atom is -0.340 e. The first-order chi connectivity index (χ1) is 13.9. The maximum atomic E-state index is 13.4. The standard InChI is InChI=1S/C22H16BrN3O3/c1-25-20-17(21(28)26(2)22(25)29)15(11-6-5-7-12(23)10-11)16-18(24-20)13-8-3-4-9-14(13)19(16)27/h3-10,15,24H,1-2H3/t15-/m0/s1. The molecule has 2 aromatic carbocycles. The first-order valence-electron chi connectivity index (χ1n) is 9.10. The fourth-order valence-corrected chi connectivity index (χ4v) is 4.69. The van der Waals surface area contributed by atoms with Crippen molar-refractivity contribution in [1.29, 1.82) is 0 Å². The molecule has 0 fully saturated rings. The number of halogens is 1. The van der Waals surface area contributed by atoms with Crippen molar-refractivity contribution >= 4 is 33.2 Å². The van der Waals surface area contributed by atoms with E-state index in [0.29, 0.717) is 28.2 Å². The Labute approximate surface area is 174 Å². The number of carbonyl (C=O) groups excluding carboxylic acids is 1. The predicted molar refractivity (Wildman–Crippen MR) is 114 cm³/mol. The molecule has 1 atom stereocenters. The number of Topliss-reactive ketones (excluding diaryl/α,β-unsaturated/α-hetero) is 1. The molecule has 2 aliphatic rings. The van der Waals surface area contributed by atoms with Crippen LogP contribution in [0.1, 0.15) is 33.0 Å². The lowest BCUT2D eigenvalue weighted by Crippen LogP contribution is -2.42. The first kappa shape index (κ1) is 17.9. The van der Waals surface area contributed by atoms with Crippen LogP contribution in [0.4, 0.5) is 5.82 Å². The zero-order chi connectivity index (χ0) is 20.4. The van der Waals surface area contributed by atoms with Crippen molar-refractivity contribution in [3.05, 3.63) is 102 Å². The van der Waals surface area contributed by atoms with E-state index in [1.165, 1.54) is 11.6 Å². The summed E-state index contributed by atoms with van der Waals surface area (Å²) in [6.45, 7) is 0. The molecule has 1 aliphatic heterocycles. The van der Waals surface area contributed by atoms with Crippen LogP contribution in [0.15, 0.2) is 68.2 Å². The van der Waals surface area contributed by atoms with Crippen LogP contribution in [0.5, 0.6) is 0 Å². The number of aromatic nitrogens is 2. The molecule has 5 rings (SSSR count). The minimum absolute atomic E-state index is 0.102. The van der Waals surface area contributed by atoms with E-state index in [-0.39, 0.29) is 5.78 Å². The van der Waals surface area contributed by atoms with Crippen molar-refractivity contribution in [3.63, 3.8) is 0 Å². The number of hydrogen-bond donors (Lipinski definition) is 1. The second-order valence-electron chi connectivity index (χ2n) is 7.24. The molecule has 0 saturated carbocycles. The number of rotatable bonds is 1. The van der Waals surface area contributed by atoms with Crippen LogP contribution in [-0.4, -0.2) is 14.9 Å². The van der Waals surface area contributed by atoms with Gasteiger partial charge in [-0.3, -0.25) is 18.7 Å². The molecule has 0 unspecified atom stereocenters. The Balaban J connectivity index is 1.90. The summed E-state index contributed by atoms with van der Waals surface area (Å²) >= 11 is 3.49. The lowest BCUT2D eigenvalue weighted by molar-refractivity contribution is 0.103. The van der Waals surface area contributed by atoms with Gasteiger partial charge in [0.15, 0.2) is 5.78 Å². The maximum absolute atomic E-state index is 13.4. The van der Waals surface area contributed by atoms with Crippen molar-refractivity contribution in [1.82, 2.24) is 9.13 Å². The quantitative estimate of drug-likeness (QED) is 0.619. The van der Waals surface area contributed by atoms with Crippen molar-refractivity contribution in [3.8, 4) is 0 Å². The van der Waals surface area contributed by atoms with E-state index in [1.54, 1.807) is 13.1 Å². The average molecular weight is 450 g/mol. The minimum atomic E-state index is -0.579. The molecule has 29 heavy (non-hydrogen) atoms. The summed E-state index contributed by atoms with van der Waals surface area (Å²) in [6.07, 6.45) is 0. The van der Waals surface area contributed by atoms with Crippen LogP contribution in [0.3, 0.4) is 0 Å². The predicted octanol–water partition coefficient (Wildman–Crippen LogP) is 3.01. The van der Waals surface area contributed by atoms with Gasteiger partial charge in [0.05, 0.1) is 11.3 Å². The van der Waals surface area contributed by atoms with Crippen LogP contribution in [0.25, 0.3) is 5.70 Å². The average Bonchev–Trinajstić information content (AvgIpc) is 3.01. The highest BCUT2D eigenvalue weighted by Crippen LogP contribution is 2.47. The lowest BCUT2D eigenvalue weighted by Gasteiger charge is -2.29. The number of hydrogen-bond acceptors (Lipinski definition) is 4. The van der Waals surface area contributed by atoms with Crippen molar-refractivity contribution in [2.45, 2.75) is 5.92 Å². The van der Waals surface area contributed by atoms with Crippen LogP contribution in [0.2, 0.25) is 0 Å². The Morgan fingerprint density at radius 1 is 0.931 bits per heavy atom. The molecule has 6 nitrogen and oxygen atoms in total.